The Kier molecular flexibility index (Phi) is 5.38. The summed E-state index contributed by atoms with van der Waals surface area (Å²) in [5.41, 5.74) is 6.95. The molecule has 1 aromatic carbocycles. The molecule has 0 bridgehead atoms. The average Bonchev–Trinajstić information content (AvgIpc) is 2.69. The van der Waals surface area contributed by atoms with Gasteiger partial charge >= 0.3 is 0 Å². The predicted octanol–water partition coefficient (Wildman–Crippen LogP) is 1.63. The molecule has 3 N–H and O–H groups in total. The number of nitrogens with zero attached hydrogens (tertiary/aromatic N) is 2. The number of benzene rings is 1. The molecular formula is C15H23N3O2. The molecule has 1 fully saturated rings. The van der Waals surface area contributed by atoms with E-state index >= 15 is 0 Å². The van der Waals surface area contributed by atoms with Crippen LogP contribution < -0.4 is 5.73 Å². The number of ether oxygens (including phenoxy) is 1. The highest BCUT2D eigenvalue weighted by Gasteiger charge is 2.23. The number of oxime groups is 1. The van der Waals surface area contributed by atoms with Gasteiger partial charge in [0.15, 0.2) is 0 Å². The van der Waals surface area contributed by atoms with Crippen molar-refractivity contribution in [1.82, 2.24) is 4.90 Å². The molecule has 1 aromatic rings. The third-order valence-corrected chi connectivity index (χ3v) is 3.65. The van der Waals surface area contributed by atoms with Crippen molar-refractivity contribution in [3.63, 3.8) is 0 Å². The second-order valence-electron chi connectivity index (χ2n) is 5.28. The standard InChI is InChI=1S/C15H23N3O2/c1-12-10-18(8-5-9-20-12)11-14(15(16)17-19)13-6-3-2-4-7-13/h2-4,6-7,12,14,19H,5,8-11H2,1H3,(H2,16,17). The fourth-order valence-corrected chi connectivity index (χ4v) is 2.63. The first-order valence-corrected chi connectivity index (χ1v) is 7.07. The Labute approximate surface area is 120 Å². The van der Waals surface area contributed by atoms with E-state index in [-0.39, 0.29) is 17.9 Å². The largest absolute Gasteiger partial charge is 0.409 e. The smallest absolute Gasteiger partial charge is 0.147 e. The highest BCUT2D eigenvalue weighted by Crippen LogP contribution is 2.19. The maximum absolute atomic E-state index is 9.02. The summed E-state index contributed by atoms with van der Waals surface area (Å²) in [4.78, 5) is 2.33. The molecule has 2 atom stereocenters. The normalized spacial score (nSPS) is 23.2. The number of amidine groups is 1. The summed E-state index contributed by atoms with van der Waals surface area (Å²) in [5.74, 6) is 0.167. The van der Waals surface area contributed by atoms with E-state index in [4.69, 9.17) is 15.7 Å². The lowest BCUT2D eigenvalue weighted by Crippen LogP contribution is -2.38. The summed E-state index contributed by atoms with van der Waals surface area (Å²) in [5, 5.41) is 12.2. The van der Waals surface area contributed by atoms with Crippen LogP contribution in [-0.2, 0) is 4.74 Å². The van der Waals surface area contributed by atoms with Crippen LogP contribution in [0.25, 0.3) is 0 Å². The van der Waals surface area contributed by atoms with Gasteiger partial charge in [0, 0.05) is 26.2 Å². The second-order valence-corrected chi connectivity index (χ2v) is 5.28. The van der Waals surface area contributed by atoms with Gasteiger partial charge in [-0.1, -0.05) is 35.5 Å². The zero-order valence-electron chi connectivity index (χ0n) is 11.9. The molecule has 0 spiro atoms. The Bertz CT molecular complexity index is 436. The maximum atomic E-state index is 9.02. The van der Waals surface area contributed by atoms with Crippen LogP contribution in [0, 0.1) is 0 Å². The number of nitrogens with two attached hydrogens (primary N) is 1. The van der Waals surface area contributed by atoms with E-state index in [0.29, 0.717) is 0 Å². The highest BCUT2D eigenvalue weighted by atomic mass is 16.5. The molecule has 0 amide bonds. The molecule has 0 aromatic heterocycles. The molecule has 0 radical (unpaired) electrons. The molecule has 1 aliphatic heterocycles. The van der Waals surface area contributed by atoms with Gasteiger partial charge in [-0.25, -0.2) is 0 Å². The number of hydrogen-bond donors (Lipinski definition) is 2. The van der Waals surface area contributed by atoms with Gasteiger partial charge in [0.2, 0.25) is 0 Å². The van der Waals surface area contributed by atoms with Crippen LogP contribution in [0.1, 0.15) is 24.8 Å². The Morgan fingerprint density at radius 2 is 2.25 bits per heavy atom. The van der Waals surface area contributed by atoms with Crippen LogP contribution in [0.2, 0.25) is 0 Å². The minimum Gasteiger partial charge on any atom is -0.409 e. The van der Waals surface area contributed by atoms with Crippen LogP contribution in [0.4, 0.5) is 0 Å². The summed E-state index contributed by atoms with van der Waals surface area (Å²) in [6.07, 6.45) is 1.24. The zero-order chi connectivity index (χ0) is 14.4. The van der Waals surface area contributed by atoms with Crippen molar-refractivity contribution in [2.24, 2.45) is 10.9 Å². The average molecular weight is 277 g/mol. The van der Waals surface area contributed by atoms with Crippen LogP contribution in [0.3, 0.4) is 0 Å². The lowest BCUT2D eigenvalue weighted by Gasteiger charge is -2.26. The molecular weight excluding hydrogens is 254 g/mol. The Balaban J connectivity index is 2.12. The first-order chi connectivity index (χ1) is 9.70. The van der Waals surface area contributed by atoms with Gasteiger partial charge in [0.25, 0.3) is 0 Å². The van der Waals surface area contributed by atoms with Crippen molar-refractivity contribution in [1.29, 1.82) is 0 Å². The van der Waals surface area contributed by atoms with Gasteiger partial charge < -0.3 is 15.7 Å². The van der Waals surface area contributed by atoms with Gasteiger partial charge in [-0.2, -0.15) is 0 Å². The van der Waals surface area contributed by atoms with Crippen LogP contribution in [-0.4, -0.2) is 48.3 Å². The summed E-state index contributed by atoms with van der Waals surface area (Å²) < 4.78 is 5.65. The van der Waals surface area contributed by atoms with Crippen molar-refractivity contribution in [2.75, 3.05) is 26.2 Å². The monoisotopic (exact) mass is 277 g/mol. The Morgan fingerprint density at radius 1 is 1.50 bits per heavy atom. The van der Waals surface area contributed by atoms with Gasteiger partial charge in [-0.05, 0) is 18.9 Å². The molecule has 5 nitrogen and oxygen atoms in total. The van der Waals surface area contributed by atoms with Crippen LogP contribution >= 0.6 is 0 Å². The van der Waals surface area contributed by atoms with E-state index in [9.17, 15) is 0 Å². The molecule has 2 rings (SSSR count). The molecule has 1 heterocycles. The first-order valence-electron chi connectivity index (χ1n) is 7.07. The predicted molar refractivity (Wildman–Crippen MR) is 79.1 cm³/mol. The number of rotatable bonds is 4. The molecule has 2 unspecified atom stereocenters. The summed E-state index contributed by atoms with van der Waals surface area (Å²) in [6.45, 7) is 5.48. The molecule has 20 heavy (non-hydrogen) atoms. The second kappa shape index (κ2) is 7.26. The molecule has 1 aliphatic rings. The van der Waals surface area contributed by atoms with Crippen molar-refractivity contribution in [2.45, 2.75) is 25.4 Å². The van der Waals surface area contributed by atoms with Gasteiger partial charge in [0.1, 0.15) is 5.84 Å². The van der Waals surface area contributed by atoms with E-state index in [0.717, 1.165) is 38.2 Å². The fraction of sp³-hybridized carbons (Fsp3) is 0.533. The van der Waals surface area contributed by atoms with Gasteiger partial charge in [-0.3, -0.25) is 4.90 Å². The minimum absolute atomic E-state index is 0.0912. The molecule has 5 heteroatoms. The van der Waals surface area contributed by atoms with Crippen molar-refractivity contribution in [3.05, 3.63) is 35.9 Å². The van der Waals surface area contributed by atoms with Crippen LogP contribution in [0.15, 0.2) is 35.5 Å². The summed E-state index contributed by atoms with van der Waals surface area (Å²) >= 11 is 0. The van der Waals surface area contributed by atoms with E-state index in [1.165, 1.54) is 0 Å². The van der Waals surface area contributed by atoms with E-state index in [2.05, 4.69) is 17.0 Å². The lowest BCUT2D eigenvalue weighted by molar-refractivity contribution is 0.0676. The Hall–Kier alpha value is -1.59. The third kappa shape index (κ3) is 3.95. The Morgan fingerprint density at radius 3 is 2.95 bits per heavy atom. The van der Waals surface area contributed by atoms with Gasteiger partial charge in [-0.15, -0.1) is 0 Å². The lowest BCUT2D eigenvalue weighted by atomic mass is 9.97. The zero-order valence-corrected chi connectivity index (χ0v) is 11.9. The fourth-order valence-electron chi connectivity index (χ4n) is 2.63. The topological polar surface area (TPSA) is 71.1 Å². The summed E-state index contributed by atoms with van der Waals surface area (Å²) in [7, 11) is 0. The van der Waals surface area contributed by atoms with E-state index < -0.39 is 0 Å². The number of hydrogen-bond acceptors (Lipinski definition) is 4. The molecule has 110 valence electrons. The quantitative estimate of drug-likeness (QED) is 0.380. The summed E-state index contributed by atoms with van der Waals surface area (Å²) in [6, 6.07) is 9.94. The van der Waals surface area contributed by atoms with E-state index in [1.807, 2.05) is 30.3 Å². The van der Waals surface area contributed by atoms with E-state index in [1.54, 1.807) is 0 Å². The van der Waals surface area contributed by atoms with Crippen molar-refractivity contribution < 1.29 is 9.94 Å². The molecule has 0 saturated carbocycles. The van der Waals surface area contributed by atoms with Crippen molar-refractivity contribution >= 4 is 5.84 Å². The third-order valence-electron chi connectivity index (χ3n) is 3.65. The van der Waals surface area contributed by atoms with Crippen LogP contribution in [0.5, 0.6) is 0 Å². The van der Waals surface area contributed by atoms with Crippen molar-refractivity contribution in [3.8, 4) is 0 Å². The highest BCUT2D eigenvalue weighted by molar-refractivity contribution is 5.87. The SMILES string of the molecule is CC1CN(CC(C(N)=NO)c2ccccc2)CCCO1. The molecule has 1 saturated heterocycles. The maximum Gasteiger partial charge on any atom is 0.147 e. The first kappa shape index (κ1) is 14.8. The van der Waals surface area contributed by atoms with Gasteiger partial charge in [0.05, 0.1) is 12.0 Å². The molecule has 0 aliphatic carbocycles. The minimum atomic E-state index is -0.0912.